The van der Waals surface area contributed by atoms with Gasteiger partial charge >= 0.3 is 0 Å². The Morgan fingerprint density at radius 2 is 2.14 bits per heavy atom. The number of rotatable bonds is 1. The van der Waals surface area contributed by atoms with Crippen LogP contribution in [0.3, 0.4) is 0 Å². The molecule has 1 heterocycles. The van der Waals surface area contributed by atoms with E-state index < -0.39 is 0 Å². The van der Waals surface area contributed by atoms with Crippen molar-refractivity contribution >= 4 is 11.8 Å². The van der Waals surface area contributed by atoms with Crippen molar-refractivity contribution < 1.29 is 0 Å². The van der Waals surface area contributed by atoms with Crippen LogP contribution in [-0.4, -0.2) is 24.1 Å². The summed E-state index contributed by atoms with van der Waals surface area (Å²) in [7, 11) is 2.03. The lowest BCUT2D eigenvalue weighted by molar-refractivity contribution is 0.463. The third kappa shape index (κ3) is 0.916. The fourth-order valence-electron chi connectivity index (χ4n) is 0.553. The first-order chi connectivity index (χ1) is 3.27. The van der Waals surface area contributed by atoms with Gasteiger partial charge in [-0.3, -0.25) is 0 Å². The maximum Gasteiger partial charge on any atom is 0.0331 e. The predicted molar refractivity (Wildman–Crippen MR) is 34.8 cm³/mol. The van der Waals surface area contributed by atoms with Crippen LogP contribution in [0.1, 0.15) is 6.92 Å². The van der Waals surface area contributed by atoms with Crippen molar-refractivity contribution in [2.24, 2.45) is 0 Å². The summed E-state index contributed by atoms with van der Waals surface area (Å²) >= 11 is 2.01. The van der Waals surface area contributed by atoms with Gasteiger partial charge < -0.3 is 5.32 Å². The molecule has 1 rings (SSSR count). The van der Waals surface area contributed by atoms with Gasteiger partial charge in [-0.2, -0.15) is 11.8 Å². The average Bonchev–Trinajstić information content (AvgIpc) is 1.61. The van der Waals surface area contributed by atoms with E-state index in [1.54, 1.807) is 0 Å². The van der Waals surface area contributed by atoms with Crippen LogP contribution in [0.5, 0.6) is 0 Å². The van der Waals surface area contributed by atoms with Gasteiger partial charge in [-0.25, -0.2) is 0 Å². The molecule has 0 aromatic carbocycles. The molecule has 1 saturated heterocycles. The van der Waals surface area contributed by atoms with Gasteiger partial charge in [0.25, 0.3) is 0 Å². The molecule has 0 aliphatic carbocycles. The third-order valence-corrected chi connectivity index (χ3v) is 3.13. The van der Waals surface area contributed by atoms with E-state index in [1.165, 1.54) is 11.5 Å². The van der Waals surface area contributed by atoms with E-state index in [4.69, 9.17) is 0 Å². The van der Waals surface area contributed by atoms with Crippen LogP contribution < -0.4 is 5.32 Å². The highest BCUT2D eigenvalue weighted by atomic mass is 32.2. The quantitative estimate of drug-likeness (QED) is 0.543. The largest absolute Gasteiger partial charge is 0.313 e. The lowest BCUT2D eigenvalue weighted by Crippen LogP contribution is -2.51. The van der Waals surface area contributed by atoms with Gasteiger partial charge in [0.2, 0.25) is 0 Å². The molecule has 0 aromatic rings. The first kappa shape index (κ1) is 5.45. The molecule has 1 aliphatic rings. The summed E-state index contributed by atoms with van der Waals surface area (Å²) in [5.74, 6) is 2.56. The summed E-state index contributed by atoms with van der Waals surface area (Å²) in [5.41, 5.74) is 0.477. The highest BCUT2D eigenvalue weighted by molar-refractivity contribution is 8.00. The average molecular weight is 117 g/mol. The zero-order valence-corrected chi connectivity index (χ0v) is 5.64. The maximum absolute atomic E-state index is 3.26. The SMILES string of the molecule is CNC1(C)CSC1. The zero-order valence-electron chi connectivity index (χ0n) is 4.82. The minimum atomic E-state index is 0.477. The first-order valence-corrected chi connectivity index (χ1v) is 3.69. The second-order valence-corrected chi connectivity index (χ2v) is 3.29. The summed E-state index contributed by atoms with van der Waals surface area (Å²) in [5, 5.41) is 3.26. The van der Waals surface area contributed by atoms with Crippen LogP contribution in [0, 0.1) is 0 Å². The fraction of sp³-hybridized carbons (Fsp3) is 1.00. The van der Waals surface area contributed by atoms with Crippen LogP contribution in [0.4, 0.5) is 0 Å². The van der Waals surface area contributed by atoms with Gasteiger partial charge in [0.15, 0.2) is 0 Å². The fourth-order valence-corrected chi connectivity index (χ4v) is 1.66. The Labute approximate surface area is 48.9 Å². The van der Waals surface area contributed by atoms with Gasteiger partial charge in [-0.1, -0.05) is 0 Å². The van der Waals surface area contributed by atoms with Gasteiger partial charge in [-0.15, -0.1) is 0 Å². The Balaban J connectivity index is 2.29. The van der Waals surface area contributed by atoms with Crippen molar-refractivity contribution in [3.63, 3.8) is 0 Å². The maximum atomic E-state index is 3.26. The second-order valence-electron chi connectivity index (χ2n) is 2.30. The Bertz CT molecular complexity index is 63.0. The van der Waals surface area contributed by atoms with E-state index >= 15 is 0 Å². The molecule has 2 heteroatoms. The molecule has 0 amide bonds. The molecule has 1 aliphatic heterocycles. The number of hydrogen-bond donors (Lipinski definition) is 1. The molecule has 0 unspecified atom stereocenters. The smallest absolute Gasteiger partial charge is 0.0331 e. The van der Waals surface area contributed by atoms with E-state index in [0.717, 1.165) is 0 Å². The van der Waals surface area contributed by atoms with Crippen LogP contribution >= 0.6 is 11.8 Å². The molecule has 0 atom stereocenters. The summed E-state index contributed by atoms with van der Waals surface area (Å²) in [6.45, 7) is 2.25. The van der Waals surface area contributed by atoms with E-state index in [1.807, 2.05) is 18.8 Å². The minimum absolute atomic E-state index is 0.477. The lowest BCUT2D eigenvalue weighted by atomic mass is 10.1. The highest BCUT2D eigenvalue weighted by Gasteiger charge is 2.29. The topological polar surface area (TPSA) is 12.0 Å². The number of thioether (sulfide) groups is 1. The Morgan fingerprint density at radius 3 is 2.14 bits per heavy atom. The Morgan fingerprint density at radius 1 is 1.57 bits per heavy atom. The Hall–Kier alpha value is 0.310. The third-order valence-electron chi connectivity index (χ3n) is 1.44. The normalized spacial score (nSPS) is 26.6. The number of hydrogen-bond acceptors (Lipinski definition) is 2. The van der Waals surface area contributed by atoms with Crippen molar-refractivity contribution in [3.8, 4) is 0 Å². The van der Waals surface area contributed by atoms with Crippen molar-refractivity contribution in [1.29, 1.82) is 0 Å². The monoisotopic (exact) mass is 117 g/mol. The van der Waals surface area contributed by atoms with Crippen molar-refractivity contribution in [2.45, 2.75) is 12.5 Å². The second kappa shape index (κ2) is 1.67. The molecule has 0 radical (unpaired) electrons. The van der Waals surface area contributed by atoms with Crippen molar-refractivity contribution in [3.05, 3.63) is 0 Å². The van der Waals surface area contributed by atoms with E-state index in [9.17, 15) is 0 Å². The van der Waals surface area contributed by atoms with Crippen LogP contribution in [-0.2, 0) is 0 Å². The first-order valence-electron chi connectivity index (χ1n) is 2.53. The van der Waals surface area contributed by atoms with Gasteiger partial charge in [-0.05, 0) is 14.0 Å². The van der Waals surface area contributed by atoms with Crippen molar-refractivity contribution in [2.75, 3.05) is 18.6 Å². The van der Waals surface area contributed by atoms with Crippen molar-refractivity contribution in [1.82, 2.24) is 5.32 Å². The zero-order chi connectivity index (χ0) is 5.33. The summed E-state index contributed by atoms with van der Waals surface area (Å²) in [4.78, 5) is 0. The molecule has 42 valence electrons. The molecule has 1 nitrogen and oxygen atoms in total. The summed E-state index contributed by atoms with van der Waals surface area (Å²) in [6, 6.07) is 0. The minimum Gasteiger partial charge on any atom is -0.313 e. The molecule has 0 saturated carbocycles. The number of nitrogens with one attached hydrogen (secondary N) is 1. The van der Waals surface area contributed by atoms with Gasteiger partial charge in [0.1, 0.15) is 0 Å². The molecular weight excluding hydrogens is 106 g/mol. The predicted octanol–water partition coefficient (Wildman–Crippen LogP) is 0.711. The standard InChI is InChI=1S/C5H11NS/c1-5(6-2)3-7-4-5/h6H,3-4H2,1-2H3. The van der Waals surface area contributed by atoms with E-state index in [0.29, 0.717) is 5.54 Å². The molecule has 1 fully saturated rings. The molecule has 1 N–H and O–H groups in total. The van der Waals surface area contributed by atoms with Gasteiger partial charge in [0, 0.05) is 17.0 Å². The lowest BCUT2D eigenvalue weighted by Gasteiger charge is -2.37. The van der Waals surface area contributed by atoms with Gasteiger partial charge in [0.05, 0.1) is 0 Å². The molecule has 0 bridgehead atoms. The molecule has 7 heavy (non-hydrogen) atoms. The summed E-state index contributed by atoms with van der Waals surface area (Å²) in [6.07, 6.45) is 0. The van der Waals surface area contributed by atoms with E-state index in [-0.39, 0.29) is 0 Å². The molecule has 0 spiro atoms. The Kier molecular flexibility index (Phi) is 1.30. The molecular formula is C5H11NS. The van der Waals surface area contributed by atoms with Crippen LogP contribution in [0.2, 0.25) is 0 Å². The van der Waals surface area contributed by atoms with E-state index in [2.05, 4.69) is 12.2 Å². The summed E-state index contributed by atoms with van der Waals surface area (Å²) < 4.78 is 0. The van der Waals surface area contributed by atoms with Crippen LogP contribution in [0.25, 0.3) is 0 Å². The highest BCUT2D eigenvalue weighted by Crippen LogP contribution is 2.27. The van der Waals surface area contributed by atoms with Crippen LogP contribution in [0.15, 0.2) is 0 Å². The molecule has 0 aromatic heterocycles.